The summed E-state index contributed by atoms with van der Waals surface area (Å²) in [7, 11) is 1.79. The van der Waals surface area contributed by atoms with Crippen molar-refractivity contribution in [3.63, 3.8) is 0 Å². The first-order valence-corrected chi connectivity index (χ1v) is 11.9. The Balaban J connectivity index is 1.54. The molecule has 3 rings (SSSR count). The van der Waals surface area contributed by atoms with Crippen LogP contribution in [0.3, 0.4) is 0 Å². The SMILES string of the molecule is Cc1nc(SCCCCC(=O)N2CCCC2)n(C)c(=O)c1Cc1ccc(Br)cc1. The molecule has 1 fully saturated rings. The van der Waals surface area contributed by atoms with Crippen LogP contribution in [0.15, 0.2) is 38.7 Å². The van der Waals surface area contributed by atoms with Gasteiger partial charge in [0.1, 0.15) is 0 Å². The summed E-state index contributed by atoms with van der Waals surface area (Å²) in [5, 5.41) is 0.748. The van der Waals surface area contributed by atoms with Crippen molar-refractivity contribution in [2.45, 2.75) is 50.6 Å². The number of hydrogen-bond donors (Lipinski definition) is 0. The zero-order chi connectivity index (χ0) is 20.8. The van der Waals surface area contributed by atoms with Gasteiger partial charge >= 0.3 is 0 Å². The molecule has 1 amide bonds. The molecule has 0 saturated carbocycles. The average molecular weight is 478 g/mol. The third-order valence-electron chi connectivity index (χ3n) is 5.32. The lowest BCUT2D eigenvalue weighted by molar-refractivity contribution is -0.130. The van der Waals surface area contributed by atoms with E-state index in [2.05, 4.69) is 20.9 Å². The summed E-state index contributed by atoms with van der Waals surface area (Å²) in [4.78, 5) is 31.6. The normalized spacial score (nSPS) is 13.8. The number of hydrogen-bond acceptors (Lipinski definition) is 4. The molecule has 1 saturated heterocycles. The van der Waals surface area contributed by atoms with Crippen LogP contribution in [-0.4, -0.2) is 39.2 Å². The molecule has 0 unspecified atom stereocenters. The molecule has 2 heterocycles. The predicted molar refractivity (Wildman–Crippen MR) is 122 cm³/mol. The van der Waals surface area contributed by atoms with Gasteiger partial charge in [0.05, 0.1) is 0 Å². The highest BCUT2D eigenvalue weighted by Gasteiger charge is 2.17. The zero-order valence-electron chi connectivity index (χ0n) is 17.1. The first-order chi connectivity index (χ1) is 14.0. The summed E-state index contributed by atoms with van der Waals surface area (Å²) in [6.07, 6.45) is 5.31. The first kappa shape index (κ1) is 22.1. The fourth-order valence-electron chi connectivity index (χ4n) is 3.54. The number of benzene rings is 1. The van der Waals surface area contributed by atoms with Gasteiger partial charge in [-0.25, -0.2) is 4.98 Å². The van der Waals surface area contributed by atoms with Crippen LogP contribution in [-0.2, 0) is 18.3 Å². The minimum atomic E-state index is 0.0205. The van der Waals surface area contributed by atoms with Crippen LogP contribution in [0.4, 0.5) is 0 Å². The molecule has 5 nitrogen and oxygen atoms in total. The topological polar surface area (TPSA) is 55.2 Å². The van der Waals surface area contributed by atoms with E-state index in [-0.39, 0.29) is 11.5 Å². The summed E-state index contributed by atoms with van der Waals surface area (Å²) in [5.74, 6) is 1.14. The van der Waals surface area contributed by atoms with Crippen LogP contribution in [0.2, 0.25) is 0 Å². The number of halogens is 1. The highest BCUT2D eigenvalue weighted by Crippen LogP contribution is 2.19. The van der Waals surface area contributed by atoms with E-state index in [1.165, 1.54) is 0 Å². The number of nitrogens with zero attached hydrogens (tertiary/aromatic N) is 3. The second kappa shape index (κ2) is 10.4. The first-order valence-electron chi connectivity index (χ1n) is 10.2. The number of amides is 1. The van der Waals surface area contributed by atoms with Crippen LogP contribution in [0, 0.1) is 6.92 Å². The van der Waals surface area contributed by atoms with E-state index in [0.29, 0.717) is 12.8 Å². The van der Waals surface area contributed by atoms with Gasteiger partial charge in [-0.3, -0.25) is 14.2 Å². The second-order valence-corrected chi connectivity index (χ2v) is 9.50. The number of rotatable bonds is 8. The molecule has 156 valence electrons. The summed E-state index contributed by atoms with van der Waals surface area (Å²) in [5.41, 5.74) is 2.66. The van der Waals surface area contributed by atoms with Crippen molar-refractivity contribution >= 4 is 33.6 Å². The van der Waals surface area contributed by atoms with Gasteiger partial charge in [-0.1, -0.05) is 39.8 Å². The van der Waals surface area contributed by atoms with Crippen molar-refractivity contribution in [2.75, 3.05) is 18.8 Å². The summed E-state index contributed by atoms with van der Waals surface area (Å²) >= 11 is 5.04. The summed E-state index contributed by atoms with van der Waals surface area (Å²) in [6, 6.07) is 8.02. The molecule has 0 aliphatic carbocycles. The van der Waals surface area contributed by atoms with Crippen molar-refractivity contribution in [3.8, 4) is 0 Å². The number of unbranched alkanes of at least 4 members (excludes halogenated alkanes) is 1. The van der Waals surface area contributed by atoms with E-state index in [4.69, 9.17) is 0 Å². The Kier molecular flexibility index (Phi) is 7.95. The number of thioether (sulfide) groups is 1. The molecular formula is C22H28BrN3O2S. The number of aryl methyl sites for hydroxylation is 1. The van der Waals surface area contributed by atoms with Crippen molar-refractivity contribution in [1.82, 2.24) is 14.5 Å². The van der Waals surface area contributed by atoms with Gasteiger partial charge in [-0.05, 0) is 50.3 Å². The molecule has 7 heteroatoms. The van der Waals surface area contributed by atoms with Gasteiger partial charge in [0, 0.05) is 54.5 Å². The van der Waals surface area contributed by atoms with E-state index < -0.39 is 0 Å². The van der Waals surface area contributed by atoms with E-state index in [0.717, 1.165) is 71.0 Å². The Labute approximate surface area is 185 Å². The summed E-state index contributed by atoms with van der Waals surface area (Å²) < 4.78 is 2.68. The minimum Gasteiger partial charge on any atom is -0.343 e. The number of carbonyl (C=O) groups excluding carboxylic acids is 1. The van der Waals surface area contributed by atoms with Crippen molar-refractivity contribution in [3.05, 3.63) is 55.9 Å². The minimum absolute atomic E-state index is 0.0205. The van der Waals surface area contributed by atoms with Crippen LogP contribution in [0.25, 0.3) is 0 Å². The standard InChI is InChI=1S/C22H28BrN3O2S/c1-16-19(15-17-8-10-18(23)11-9-17)21(28)25(2)22(24-16)29-14-6-3-7-20(27)26-12-4-5-13-26/h8-11H,3-7,12-15H2,1-2H3. The zero-order valence-corrected chi connectivity index (χ0v) is 19.5. The molecule has 0 bridgehead atoms. The third-order valence-corrected chi connectivity index (χ3v) is 6.96. The van der Waals surface area contributed by atoms with Crippen LogP contribution in [0.1, 0.15) is 48.9 Å². The van der Waals surface area contributed by atoms with Crippen molar-refractivity contribution in [2.24, 2.45) is 7.05 Å². The molecule has 2 aromatic rings. The van der Waals surface area contributed by atoms with Gasteiger partial charge in [0.15, 0.2) is 5.16 Å². The lowest BCUT2D eigenvalue weighted by Crippen LogP contribution is -2.27. The fraction of sp³-hybridized carbons (Fsp3) is 0.500. The molecule has 29 heavy (non-hydrogen) atoms. The highest BCUT2D eigenvalue weighted by molar-refractivity contribution is 9.10. The smallest absolute Gasteiger partial charge is 0.257 e. The average Bonchev–Trinajstić information content (AvgIpc) is 3.25. The molecule has 0 atom stereocenters. The molecule has 1 aliphatic rings. The Morgan fingerprint density at radius 3 is 2.55 bits per heavy atom. The number of likely N-dealkylation sites (tertiary alicyclic amines) is 1. The molecule has 0 spiro atoms. The third kappa shape index (κ3) is 5.95. The molecular weight excluding hydrogens is 450 g/mol. The van der Waals surface area contributed by atoms with Crippen LogP contribution < -0.4 is 5.56 Å². The predicted octanol–water partition coefficient (Wildman–Crippen LogP) is 4.33. The van der Waals surface area contributed by atoms with E-state index in [1.807, 2.05) is 36.1 Å². The monoisotopic (exact) mass is 477 g/mol. The number of aromatic nitrogens is 2. The van der Waals surface area contributed by atoms with Crippen molar-refractivity contribution < 1.29 is 4.79 Å². The molecule has 0 radical (unpaired) electrons. The highest BCUT2D eigenvalue weighted by atomic mass is 79.9. The number of carbonyl (C=O) groups is 1. The van der Waals surface area contributed by atoms with Gasteiger partial charge < -0.3 is 4.90 Å². The maximum Gasteiger partial charge on any atom is 0.257 e. The van der Waals surface area contributed by atoms with Gasteiger partial charge in [0.2, 0.25) is 5.91 Å². The largest absolute Gasteiger partial charge is 0.343 e. The van der Waals surface area contributed by atoms with Gasteiger partial charge in [-0.2, -0.15) is 0 Å². The molecule has 1 aliphatic heterocycles. The summed E-state index contributed by atoms with van der Waals surface area (Å²) in [6.45, 7) is 3.76. The second-order valence-electron chi connectivity index (χ2n) is 7.52. The van der Waals surface area contributed by atoms with Gasteiger partial charge in [0.25, 0.3) is 5.56 Å². The Bertz CT molecular complexity index is 906. The maximum absolute atomic E-state index is 12.9. The van der Waals surface area contributed by atoms with E-state index in [9.17, 15) is 9.59 Å². The Morgan fingerprint density at radius 2 is 1.86 bits per heavy atom. The molecule has 1 aromatic carbocycles. The van der Waals surface area contributed by atoms with Crippen molar-refractivity contribution in [1.29, 1.82) is 0 Å². The lowest BCUT2D eigenvalue weighted by Gasteiger charge is -2.15. The quantitative estimate of drug-likeness (QED) is 0.322. The Hall–Kier alpha value is -1.60. The maximum atomic E-state index is 12.9. The van der Waals surface area contributed by atoms with Crippen LogP contribution >= 0.6 is 27.7 Å². The Morgan fingerprint density at radius 1 is 1.17 bits per heavy atom. The molecule has 0 N–H and O–H groups in total. The van der Waals surface area contributed by atoms with E-state index in [1.54, 1.807) is 23.4 Å². The van der Waals surface area contributed by atoms with Crippen LogP contribution in [0.5, 0.6) is 0 Å². The molecule has 1 aromatic heterocycles. The van der Waals surface area contributed by atoms with E-state index >= 15 is 0 Å². The van der Waals surface area contributed by atoms with Gasteiger partial charge in [-0.15, -0.1) is 0 Å². The fourth-order valence-corrected chi connectivity index (χ4v) is 4.81. The lowest BCUT2D eigenvalue weighted by atomic mass is 10.1.